The number of pyridine rings is 1. The van der Waals surface area contributed by atoms with E-state index in [0.717, 1.165) is 42.3 Å². The third-order valence-electron chi connectivity index (χ3n) is 3.24. The molecule has 0 fully saturated rings. The van der Waals surface area contributed by atoms with Crippen molar-refractivity contribution < 1.29 is 5.11 Å². The van der Waals surface area contributed by atoms with Gasteiger partial charge in [-0.05, 0) is 25.0 Å². The third kappa shape index (κ3) is 1.74. The highest BCUT2D eigenvalue weighted by atomic mass is 16.3. The van der Waals surface area contributed by atoms with Crippen LogP contribution in [0.15, 0.2) is 24.4 Å². The Balaban J connectivity index is 2.14. The summed E-state index contributed by atoms with van der Waals surface area (Å²) in [4.78, 5) is 8.95. The monoisotopic (exact) mass is 229 g/mol. The Kier molecular flexibility index (Phi) is 2.65. The number of hydrogen-bond acceptors (Lipinski definition) is 3. The second-order valence-electron chi connectivity index (χ2n) is 4.31. The van der Waals surface area contributed by atoms with E-state index in [-0.39, 0.29) is 6.61 Å². The molecule has 0 radical (unpaired) electrons. The Bertz CT molecular complexity index is 519. The van der Waals surface area contributed by atoms with Crippen molar-refractivity contribution in [1.82, 2.24) is 14.5 Å². The highest BCUT2D eigenvalue weighted by molar-refractivity contribution is 5.57. The topological polar surface area (TPSA) is 50.9 Å². The van der Waals surface area contributed by atoms with Gasteiger partial charge in [-0.25, -0.2) is 4.98 Å². The molecule has 2 aromatic rings. The second-order valence-corrected chi connectivity index (χ2v) is 4.31. The minimum Gasteiger partial charge on any atom is -0.390 e. The van der Waals surface area contributed by atoms with Crippen molar-refractivity contribution in [1.29, 1.82) is 0 Å². The first-order valence-corrected chi connectivity index (χ1v) is 6.00. The van der Waals surface area contributed by atoms with Gasteiger partial charge >= 0.3 is 0 Å². The van der Waals surface area contributed by atoms with Crippen LogP contribution in [-0.4, -0.2) is 19.6 Å². The molecule has 4 nitrogen and oxygen atoms in total. The van der Waals surface area contributed by atoms with Gasteiger partial charge in [0.1, 0.15) is 11.5 Å². The van der Waals surface area contributed by atoms with Crippen LogP contribution in [0.1, 0.15) is 24.4 Å². The van der Waals surface area contributed by atoms with E-state index in [4.69, 9.17) is 0 Å². The molecule has 0 aromatic carbocycles. The van der Waals surface area contributed by atoms with E-state index in [0.29, 0.717) is 0 Å². The Morgan fingerprint density at radius 3 is 3.00 bits per heavy atom. The molecule has 1 aliphatic rings. The predicted octanol–water partition coefficient (Wildman–Crippen LogP) is 1.77. The zero-order valence-electron chi connectivity index (χ0n) is 9.63. The van der Waals surface area contributed by atoms with Gasteiger partial charge < -0.3 is 9.67 Å². The summed E-state index contributed by atoms with van der Waals surface area (Å²) >= 11 is 0. The van der Waals surface area contributed by atoms with E-state index in [1.165, 1.54) is 6.42 Å². The Hall–Kier alpha value is -1.68. The lowest BCUT2D eigenvalue weighted by molar-refractivity contribution is 0.268. The Morgan fingerprint density at radius 1 is 1.29 bits per heavy atom. The number of imidazole rings is 1. The number of hydrogen-bond donors (Lipinski definition) is 1. The van der Waals surface area contributed by atoms with Gasteiger partial charge in [0, 0.05) is 19.2 Å². The van der Waals surface area contributed by atoms with Crippen LogP contribution in [0, 0.1) is 0 Å². The largest absolute Gasteiger partial charge is 0.390 e. The van der Waals surface area contributed by atoms with Crippen LogP contribution >= 0.6 is 0 Å². The molecule has 0 atom stereocenters. The van der Waals surface area contributed by atoms with Gasteiger partial charge in [-0.1, -0.05) is 6.07 Å². The van der Waals surface area contributed by atoms with Gasteiger partial charge in [0.05, 0.1) is 18.0 Å². The minimum absolute atomic E-state index is 0.0267. The van der Waals surface area contributed by atoms with Gasteiger partial charge in [0.25, 0.3) is 0 Å². The summed E-state index contributed by atoms with van der Waals surface area (Å²) in [6.07, 6.45) is 5.11. The summed E-state index contributed by atoms with van der Waals surface area (Å²) < 4.78 is 2.15. The maximum atomic E-state index is 9.54. The fraction of sp³-hybridized carbons (Fsp3) is 0.385. The number of aliphatic hydroxyl groups excluding tert-OH is 1. The molecule has 1 N–H and O–H groups in total. The fourth-order valence-corrected chi connectivity index (χ4v) is 2.41. The average Bonchev–Trinajstić information content (AvgIpc) is 2.78. The van der Waals surface area contributed by atoms with Gasteiger partial charge in [-0.2, -0.15) is 0 Å². The molecule has 0 aliphatic carbocycles. The molecular weight excluding hydrogens is 214 g/mol. The molecular formula is C13H15N3O. The van der Waals surface area contributed by atoms with E-state index >= 15 is 0 Å². The summed E-state index contributed by atoms with van der Waals surface area (Å²) in [5, 5.41) is 9.54. The highest BCUT2D eigenvalue weighted by Crippen LogP contribution is 2.26. The Labute approximate surface area is 100.0 Å². The fourth-order valence-electron chi connectivity index (χ4n) is 2.41. The summed E-state index contributed by atoms with van der Waals surface area (Å²) in [5.74, 6) is 1.08. The Morgan fingerprint density at radius 2 is 2.24 bits per heavy atom. The third-order valence-corrected chi connectivity index (χ3v) is 3.24. The molecule has 0 saturated carbocycles. The van der Waals surface area contributed by atoms with Gasteiger partial charge in [0.15, 0.2) is 0 Å². The molecule has 0 unspecified atom stereocenters. The van der Waals surface area contributed by atoms with E-state index < -0.39 is 0 Å². The molecule has 0 spiro atoms. The molecule has 1 aliphatic heterocycles. The van der Waals surface area contributed by atoms with Crippen molar-refractivity contribution in [3.63, 3.8) is 0 Å². The van der Waals surface area contributed by atoms with Crippen molar-refractivity contribution >= 4 is 0 Å². The summed E-state index contributed by atoms with van der Waals surface area (Å²) in [6, 6.07) is 5.77. The smallest absolute Gasteiger partial charge is 0.113 e. The molecule has 4 heteroatoms. The lowest BCUT2D eigenvalue weighted by Crippen LogP contribution is -2.13. The SMILES string of the molecule is OCc1c(-c2ccccn2)nc2n1CCCC2. The molecule has 0 amide bonds. The van der Waals surface area contributed by atoms with Crippen LogP contribution in [0.25, 0.3) is 11.4 Å². The minimum atomic E-state index is 0.0267. The van der Waals surface area contributed by atoms with Gasteiger partial charge in [-0.3, -0.25) is 4.98 Å². The highest BCUT2D eigenvalue weighted by Gasteiger charge is 2.20. The number of aliphatic hydroxyl groups is 1. The maximum absolute atomic E-state index is 9.54. The maximum Gasteiger partial charge on any atom is 0.113 e. The normalized spacial score (nSPS) is 14.6. The standard InChI is InChI=1S/C13H15N3O/c17-9-11-13(10-5-1-3-7-14-10)15-12-6-2-4-8-16(11)12/h1,3,5,7,17H,2,4,6,8-9H2. The second kappa shape index (κ2) is 4.30. The van der Waals surface area contributed by atoms with Gasteiger partial charge in [-0.15, -0.1) is 0 Å². The number of rotatable bonds is 2. The molecule has 88 valence electrons. The number of nitrogens with zero attached hydrogens (tertiary/aromatic N) is 3. The number of fused-ring (bicyclic) bond motifs is 1. The predicted molar refractivity (Wildman–Crippen MR) is 64.3 cm³/mol. The van der Waals surface area contributed by atoms with E-state index in [9.17, 15) is 5.11 Å². The zero-order chi connectivity index (χ0) is 11.7. The zero-order valence-corrected chi connectivity index (χ0v) is 9.63. The van der Waals surface area contributed by atoms with Crippen LogP contribution in [0.2, 0.25) is 0 Å². The van der Waals surface area contributed by atoms with Gasteiger partial charge in [0.2, 0.25) is 0 Å². The van der Waals surface area contributed by atoms with Crippen molar-refractivity contribution in [2.45, 2.75) is 32.4 Å². The molecule has 3 heterocycles. The van der Waals surface area contributed by atoms with Crippen molar-refractivity contribution in [3.8, 4) is 11.4 Å². The number of aryl methyl sites for hydroxylation is 1. The van der Waals surface area contributed by atoms with E-state index in [1.54, 1.807) is 6.20 Å². The lowest BCUT2D eigenvalue weighted by atomic mass is 10.1. The van der Waals surface area contributed by atoms with E-state index in [2.05, 4.69) is 14.5 Å². The molecule has 0 bridgehead atoms. The molecule has 2 aromatic heterocycles. The van der Waals surface area contributed by atoms with Crippen LogP contribution < -0.4 is 0 Å². The molecule has 0 saturated heterocycles. The molecule has 3 rings (SSSR count). The van der Waals surface area contributed by atoms with Crippen LogP contribution in [0.3, 0.4) is 0 Å². The van der Waals surface area contributed by atoms with Crippen molar-refractivity contribution in [2.75, 3.05) is 0 Å². The number of aromatic nitrogens is 3. The first-order chi connectivity index (χ1) is 8.40. The van der Waals surface area contributed by atoms with Crippen LogP contribution in [0.5, 0.6) is 0 Å². The quantitative estimate of drug-likeness (QED) is 0.854. The molecule has 17 heavy (non-hydrogen) atoms. The van der Waals surface area contributed by atoms with Crippen LogP contribution in [0.4, 0.5) is 0 Å². The summed E-state index contributed by atoms with van der Waals surface area (Å²) in [6.45, 7) is 0.990. The lowest BCUT2D eigenvalue weighted by Gasteiger charge is -2.15. The first-order valence-electron chi connectivity index (χ1n) is 6.00. The van der Waals surface area contributed by atoms with Crippen molar-refractivity contribution in [3.05, 3.63) is 35.9 Å². The van der Waals surface area contributed by atoms with Crippen molar-refractivity contribution in [2.24, 2.45) is 0 Å². The first kappa shape index (κ1) is 10.5. The van der Waals surface area contributed by atoms with Crippen LogP contribution in [-0.2, 0) is 19.6 Å². The van der Waals surface area contributed by atoms with E-state index in [1.807, 2.05) is 18.2 Å². The average molecular weight is 229 g/mol. The summed E-state index contributed by atoms with van der Waals surface area (Å²) in [7, 11) is 0. The summed E-state index contributed by atoms with van der Waals surface area (Å²) in [5.41, 5.74) is 2.59.